The summed E-state index contributed by atoms with van der Waals surface area (Å²) in [4.78, 5) is 39.9. The number of sulfonamides is 1. The lowest BCUT2D eigenvalue weighted by Crippen LogP contribution is -2.52. The fourth-order valence-corrected chi connectivity index (χ4v) is 5.07. The van der Waals surface area contributed by atoms with Crippen LogP contribution in [0, 0.1) is 0 Å². The highest BCUT2D eigenvalue weighted by molar-refractivity contribution is 7.90. The molecule has 9 nitrogen and oxygen atoms in total. The number of nitrogens with zero attached hydrogens (tertiary/aromatic N) is 2. The number of fused-ring (bicyclic) bond motifs is 1. The smallest absolute Gasteiger partial charge is 0.269 e. The molecule has 10 heteroatoms. The average Bonchev–Trinajstić information content (AvgIpc) is 2.97. The van der Waals surface area contributed by atoms with Crippen LogP contribution in [0.25, 0.3) is 0 Å². The van der Waals surface area contributed by atoms with Crippen LogP contribution in [0.1, 0.15) is 36.7 Å². The highest BCUT2D eigenvalue weighted by Gasteiger charge is 2.43. The van der Waals surface area contributed by atoms with Crippen molar-refractivity contribution in [2.24, 2.45) is 0 Å². The van der Waals surface area contributed by atoms with Crippen molar-refractivity contribution in [1.82, 2.24) is 14.5 Å². The van der Waals surface area contributed by atoms with Crippen molar-refractivity contribution in [3.63, 3.8) is 0 Å². The minimum absolute atomic E-state index is 0.0234. The van der Waals surface area contributed by atoms with E-state index in [1.54, 1.807) is 51.1 Å². The number of carbonyl (C=O) groups excluding carboxylic acids is 3. The van der Waals surface area contributed by atoms with E-state index in [9.17, 15) is 22.8 Å². The van der Waals surface area contributed by atoms with E-state index < -0.39 is 34.4 Å². The first-order valence-corrected chi connectivity index (χ1v) is 11.9. The Hall–Kier alpha value is -3.40. The van der Waals surface area contributed by atoms with Crippen LogP contribution in [-0.2, 0) is 26.2 Å². The van der Waals surface area contributed by atoms with Crippen molar-refractivity contribution in [2.75, 3.05) is 13.7 Å². The van der Waals surface area contributed by atoms with Crippen LogP contribution in [0.5, 0.6) is 5.75 Å². The molecule has 0 unspecified atom stereocenters. The van der Waals surface area contributed by atoms with Gasteiger partial charge in [-0.3, -0.25) is 14.4 Å². The predicted molar refractivity (Wildman–Crippen MR) is 121 cm³/mol. The summed E-state index contributed by atoms with van der Waals surface area (Å²) in [6.45, 7) is 4.47. The molecule has 0 bridgehead atoms. The van der Waals surface area contributed by atoms with Crippen molar-refractivity contribution in [3.8, 4) is 5.75 Å². The minimum Gasteiger partial charge on any atom is -0.497 e. The van der Waals surface area contributed by atoms with Gasteiger partial charge in [-0.1, -0.05) is 24.3 Å². The molecular weight excluding hydrogens is 446 g/mol. The summed E-state index contributed by atoms with van der Waals surface area (Å²) >= 11 is 0. The molecule has 3 rings (SSSR count). The van der Waals surface area contributed by atoms with Gasteiger partial charge in [0.2, 0.25) is 11.8 Å². The second-order valence-corrected chi connectivity index (χ2v) is 9.86. The Morgan fingerprint density at radius 3 is 2.42 bits per heavy atom. The predicted octanol–water partition coefficient (Wildman–Crippen LogP) is 1.78. The molecule has 1 aliphatic heterocycles. The van der Waals surface area contributed by atoms with Crippen molar-refractivity contribution in [2.45, 2.75) is 44.3 Å². The SMILES string of the molecule is COc1cccc(CN(C(=O)CN2C(=O)c3ccccc3S2(=O)=O)[C@@H](C)C(=O)NC(C)C)c1. The van der Waals surface area contributed by atoms with Crippen molar-refractivity contribution < 1.29 is 27.5 Å². The number of ether oxygens (including phenoxy) is 1. The van der Waals surface area contributed by atoms with Gasteiger partial charge in [-0.05, 0) is 50.6 Å². The molecule has 1 aliphatic rings. The summed E-state index contributed by atoms with van der Waals surface area (Å²) in [6, 6.07) is 11.7. The molecule has 1 atom stereocenters. The number of rotatable bonds is 8. The third-order valence-corrected chi connectivity index (χ3v) is 7.06. The molecule has 0 saturated carbocycles. The van der Waals surface area contributed by atoms with Gasteiger partial charge in [-0.25, -0.2) is 12.7 Å². The number of amides is 3. The second-order valence-electron chi connectivity index (χ2n) is 8.03. The topological polar surface area (TPSA) is 113 Å². The highest BCUT2D eigenvalue weighted by Crippen LogP contribution is 2.30. The van der Waals surface area contributed by atoms with Gasteiger partial charge >= 0.3 is 0 Å². The van der Waals surface area contributed by atoms with Crippen LogP contribution in [0.15, 0.2) is 53.4 Å². The van der Waals surface area contributed by atoms with Crippen LogP contribution in [0.4, 0.5) is 0 Å². The Kier molecular flexibility index (Phi) is 7.06. The quantitative estimate of drug-likeness (QED) is 0.625. The fourth-order valence-electron chi connectivity index (χ4n) is 3.56. The van der Waals surface area contributed by atoms with Crippen molar-refractivity contribution >= 4 is 27.7 Å². The number of nitrogens with one attached hydrogen (secondary N) is 1. The van der Waals surface area contributed by atoms with E-state index in [4.69, 9.17) is 4.74 Å². The first kappa shape index (κ1) is 24.2. The van der Waals surface area contributed by atoms with E-state index in [1.165, 1.54) is 30.2 Å². The summed E-state index contributed by atoms with van der Waals surface area (Å²) in [5.41, 5.74) is 0.709. The monoisotopic (exact) mass is 473 g/mol. The third-order valence-electron chi connectivity index (χ3n) is 5.28. The van der Waals surface area contributed by atoms with Crippen molar-refractivity contribution in [1.29, 1.82) is 0 Å². The molecule has 1 N–H and O–H groups in total. The molecule has 0 saturated heterocycles. The van der Waals surface area contributed by atoms with E-state index in [0.717, 1.165) is 0 Å². The zero-order chi connectivity index (χ0) is 24.3. The fraction of sp³-hybridized carbons (Fsp3) is 0.348. The Bertz CT molecular complexity index is 1180. The Morgan fingerprint density at radius 2 is 1.79 bits per heavy atom. The normalized spacial score (nSPS) is 15.2. The molecule has 0 radical (unpaired) electrons. The number of hydrogen-bond acceptors (Lipinski definition) is 6. The van der Waals surface area contributed by atoms with Crippen LogP contribution < -0.4 is 10.1 Å². The number of benzene rings is 2. The second kappa shape index (κ2) is 9.62. The molecule has 2 aromatic carbocycles. The van der Waals surface area contributed by atoms with Crippen LogP contribution >= 0.6 is 0 Å². The molecule has 3 amide bonds. The van der Waals surface area contributed by atoms with Gasteiger partial charge in [0, 0.05) is 12.6 Å². The Morgan fingerprint density at radius 1 is 1.09 bits per heavy atom. The average molecular weight is 474 g/mol. The van der Waals surface area contributed by atoms with Gasteiger partial charge in [0.15, 0.2) is 0 Å². The highest BCUT2D eigenvalue weighted by atomic mass is 32.2. The van der Waals surface area contributed by atoms with Gasteiger partial charge in [0.05, 0.1) is 12.7 Å². The molecular formula is C23H27N3O6S. The van der Waals surface area contributed by atoms with Crippen molar-refractivity contribution in [3.05, 3.63) is 59.7 Å². The summed E-state index contributed by atoms with van der Waals surface area (Å²) in [7, 11) is -2.64. The van der Waals surface area contributed by atoms with Gasteiger partial charge < -0.3 is 15.0 Å². The maximum absolute atomic E-state index is 13.3. The molecule has 33 heavy (non-hydrogen) atoms. The van der Waals surface area contributed by atoms with Gasteiger partial charge in [0.1, 0.15) is 23.2 Å². The van der Waals surface area contributed by atoms with E-state index in [0.29, 0.717) is 15.6 Å². The lowest BCUT2D eigenvalue weighted by molar-refractivity contribution is -0.140. The Labute approximate surface area is 193 Å². The van der Waals surface area contributed by atoms with Gasteiger partial charge in [-0.2, -0.15) is 0 Å². The molecule has 2 aromatic rings. The standard InChI is InChI=1S/C23H27N3O6S/c1-15(2)24-22(28)16(3)25(13-17-8-7-9-18(12-17)32-4)21(27)14-26-23(29)19-10-5-6-11-20(19)33(26,30)31/h5-12,15-16H,13-14H2,1-4H3,(H,24,28)/t16-/m0/s1. The molecule has 1 heterocycles. The number of hydrogen-bond donors (Lipinski definition) is 1. The maximum atomic E-state index is 13.3. The molecule has 0 fully saturated rings. The first-order valence-electron chi connectivity index (χ1n) is 10.4. The summed E-state index contributed by atoms with van der Waals surface area (Å²) < 4.78 is 31.6. The third kappa shape index (κ3) is 5.00. The molecule has 0 spiro atoms. The Balaban J connectivity index is 1.90. The van der Waals surface area contributed by atoms with Gasteiger partial charge in [0.25, 0.3) is 15.9 Å². The largest absolute Gasteiger partial charge is 0.497 e. The summed E-state index contributed by atoms with van der Waals surface area (Å²) in [5.74, 6) is -1.25. The minimum atomic E-state index is -4.16. The summed E-state index contributed by atoms with van der Waals surface area (Å²) in [6.07, 6.45) is 0. The molecule has 176 valence electrons. The van der Waals surface area contributed by atoms with E-state index in [-0.39, 0.29) is 29.0 Å². The molecule has 0 aromatic heterocycles. The van der Waals surface area contributed by atoms with Crippen LogP contribution in [-0.4, -0.2) is 61.1 Å². The van der Waals surface area contributed by atoms with E-state index in [2.05, 4.69) is 5.32 Å². The van der Waals surface area contributed by atoms with E-state index >= 15 is 0 Å². The zero-order valence-corrected chi connectivity index (χ0v) is 19.8. The van der Waals surface area contributed by atoms with Crippen LogP contribution in [0.2, 0.25) is 0 Å². The number of carbonyl (C=O) groups is 3. The van der Waals surface area contributed by atoms with E-state index in [1.807, 2.05) is 0 Å². The molecule has 0 aliphatic carbocycles. The maximum Gasteiger partial charge on any atom is 0.269 e. The summed E-state index contributed by atoms with van der Waals surface area (Å²) in [5, 5.41) is 2.76. The van der Waals surface area contributed by atoms with Gasteiger partial charge in [-0.15, -0.1) is 0 Å². The van der Waals surface area contributed by atoms with Crippen LogP contribution in [0.3, 0.4) is 0 Å². The lowest BCUT2D eigenvalue weighted by Gasteiger charge is -2.30. The number of methoxy groups -OCH3 is 1. The zero-order valence-electron chi connectivity index (χ0n) is 18.9. The lowest BCUT2D eigenvalue weighted by atomic mass is 10.1. The first-order chi connectivity index (χ1) is 15.6.